The summed E-state index contributed by atoms with van der Waals surface area (Å²) in [5, 5.41) is 20.5. The summed E-state index contributed by atoms with van der Waals surface area (Å²) in [5.41, 5.74) is 3.06. The monoisotopic (exact) mass is 696 g/mol. The summed E-state index contributed by atoms with van der Waals surface area (Å²) >= 11 is 1.53. The van der Waals surface area contributed by atoms with E-state index >= 15 is 0 Å². The van der Waals surface area contributed by atoms with E-state index in [2.05, 4.69) is 15.5 Å². The number of halogens is 5. The van der Waals surface area contributed by atoms with Crippen LogP contribution in [0.25, 0.3) is 11.1 Å². The molecule has 1 amide bonds. The second kappa shape index (κ2) is 14.9. The molecule has 0 bridgehead atoms. The van der Waals surface area contributed by atoms with Crippen molar-refractivity contribution in [2.24, 2.45) is 7.05 Å². The van der Waals surface area contributed by atoms with Crippen molar-refractivity contribution in [2.75, 3.05) is 5.75 Å². The zero-order valence-electron chi connectivity index (χ0n) is 25.9. The highest BCUT2D eigenvalue weighted by Gasteiger charge is 2.33. The Bertz CT molecular complexity index is 1930. The standard InChI is InChI=1S/C35H29F5N4O4S/c1-44-18-42-43-35(44)49-17-25-14-26(22-7-5-19(16-45)6-8-22)48-34(47-25)23-11-9-21(10-12-23)24-4-2-3-20(13-24)15-41-33(46)27-28(36)30(38)32(40)31(39)29(27)37/h2-13,18,25-26,34,45H,14-17H2,1H3,(H,41,46)/t25-,26+,34+/m0/s1. The third-order valence-electron chi connectivity index (χ3n) is 8.02. The molecule has 2 heterocycles. The lowest BCUT2D eigenvalue weighted by Crippen LogP contribution is -2.31. The lowest BCUT2D eigenvalue weighted by Gasteiger charge is -2.36. The lowest BCUT2D eigenvalue weighted by molar-refractivity contribution is -0.245. The van der Waals surface area contributed by atoms with Gasteiger partial charge in [-0.1, -0.05) is 78.5 Å². The van der Waals surface area contributed by atoms with Gasteiger partial charge in [-0.25, -0.2) is 22.0 Å². The molecule has 0 spiro atoms. The second-order valence-corrected chi connectivity index (χ2v) is 12.3. The van der Waals surface area contributed by atoms with Crippen LogP contribution in [0.15, 0.2) is 84.3 Å². The van der Waals surface area contributed by atoms with Gasteiger partial charge in [0.05, 0.1) is 18.8 Å². The molecule has 2 N–H and O–H groups in total. The molecule has 0 radical (unpaired) electrons. The second-order valence-electron chi connectivity index (χ2n) is 11.3. The Labute approximate surface area is 281 Å². The van der Waals surface area contributed by atoms with Crippen LogP contribution in [0, 0.1) is 29.1 Å². The van der Waals surface area contributed by atoms with E-state index in [9.17, 15) is 31.9 Å². The molecule has 0 unspecified atom stereocenters. The van der Waals surface area contributed by atoms with Crippen molar-refractivity contribution in [3.63, 3.8) is 0 Å². The van der Waals surface area contributed by atoms with Crippen molar-refractivity contribution in [3.05, 3.63) is 136 Å². The normalized spacial score (nSPS) is 17.7. The molecule has 8 nitrogen and oxygen atoms in total. The van der Waals surface area contributed by atoms with Crippen LogP contribution in [-0.4, -0.2) is 37.6 Å². The number of rotatable bonds is 10. The summed E-state index contributed by atoms with van der Waals surface area (Å²) in [6.07, 6.45) is 1.10. The minimum Gasteiger partial charge on any atom is -0.392 e. The number of ether oxygens (including phenoxy) is 2. The summed E-state index contributed by atoms with van der Waals surface area (Å²) in [6.45, 7) is -0.292. The van der Waals surface area contributed by atoms with Crippen LogP contribution >= 0.6 is 11.8 Å². The Balaban J connectivity index is 1.16. The van der Waals surface area contributed by atoms with Gasteiger partial charge in [-0.15, -0.1) is 10.2 Å². The van der Waals surface area contributed by atoms with E-state index in [1.165, 1.54) is 11.8 Å². The van der Waals surface area contributed by atoms with Gasteiger partial charge in [0.25, 0.3) is 5.91 Å². The number of aliphatic hydroxyl groups is 1. The number of aryl methyl sites for hydroxylation is 1. The van der Waals surface area contributed by atoms with Crippen molar-refractivity contribution in [1.82, 2.24) is 20.1 Å². The molecule has 254 valence electrons. The van der Waals surface area contributed by atoms with Crippen molar-refractivity contribution in [1.29, 1.82) is 0 Å². The third kappa shape index (κ3) is 7.52. The fraction of sp³-hybridized carbons (Fsp3) is 0.229. The number of nitrogens with zero attached hydrogens (tertiary/aromatic N) is 3. The maximum absolute atomic E-state index is 14.1. The molecule has 1 aliphatic heterocycles. The number of hydrogen-bond donors (Lipinski definition) is 2. The highest BCUT2D eigenvalue weighted by atomic mass is 32.2. The number of carbonyl (C=O) groups is 1. The number of benzene rings is 4. The summed E-state index contributed by atoms with van der Waals surface area (Å²) < 4.78 is 83.4. The summed E-state index contributed by atoms with van der Waals surface area (Å²) in [7, 11) is 1.87. The number of hydrogen-bond acceptors (Lipinski definition) is 7. The zero-order chi connectivity index (χ0) is 34.7. The Kier molecular flexibility index (Phi) is 10.4. The van der Waals surface area contributed by atoms with Crippen LogP contribution < -0.4 is 5.32 Å². The minimum atomic E-state index is -2.34. The first-order valence-corrected chi connectivity index (χ1v) is 16.1. The first-order chi connectivity index (χ1) is 23.6. The van der Waals surface area contributed by atoms with E-state index in [-0.39, 0.29) is 25.4 Å². The Hall–Kier alpha value is -4.63. The third-order valence-corrected chi connectivity index (χ3v) is 9.18. The van der Waals surface area contributed by atoms with E-state index in [0.717, 1.165) is 33.0 Å². The highest BCUT2D eigenvalue weighted by Crippen LogP contribution is 2.39. The average molecular weight is 697 g/mol. The van der Waals surface area contributed by atoms with Crippen LogP contribution in [0.1, 0.15) is 51.4 Å². The quantitative estimate of drug-likeness (QED) is 0.0707. The average Bonchev–Trinajstić information content (AvgIpc) is 3.55. The minimum absolute atomic E-state index is 0.0587. The van der Waals surface area contributed by atoms with Crippen molar-refractivity contribution < 1.29 is 41.3 Å². The molecule has 4 aromatic carbocycles. The van der Waals surface area contributed by atoms with Crippen LogP contribution in [0.3, 0.4) is 0 Å². The SMILES string of the molecule is Cn1cnnc1SC[C@@H]1C[C@H](c2ccc(CO)cc2)O[C@H](c2ccc(-c3cccc(CNC(=O)c4c(F)c(F)c(F)c(F)c4F)c3)cc2)O1. The topological polar surface area (TPSA) is 98.5 Å². The summed E-state index contributed by atoms with van der Waals surface area (Å²) in [4.78, 5) is 12.4. The van der Waals surface area contributed by atoms with Gasteiger partial charge in [0.15, 0.2) is 34.7 Å². The van der Waals surface area contributed by atoms with E-state index in [0.29, 0.717) is 17.7 Å². The highest BCUT2D eigenvalue weighted by molar-refractivity contribution is 7.99. The summed E-state index contributed by atoms with van der Waals surface area (Å²) in [5.74, 6) is -11.9. The molecule has 14 heteroatoms. The van der Waals surface area contributed by atoms with Gasteiger partial charge in [-0.05, 0) is 33.9 Å². The molecular weight excluding hydrogens is 667 g/mol. The van der Waals surface area contributed by atoms with Gasteiger partial charge in [0.2, 0.25) is 5.82 Å². The number of amides is 1. The van der Waals surface area contributed by atoms with Gasteiger partial charge in [-0.3, -0.25) is 4.79 Å². The van der Waals surface area contributed by atoms with Crippen molar-refractivity contribution >= 4 is 17.7 Å². The largest absolute Gasteiger partial charge is 0.392 e. The molecule has 3 atom stereocenters. The molecule has 1 saturated heterocycles. The first kappa shape index (κ1) is 34.2. The predicted molar refractivity (Wildman–Crippen MR) is 169 cm³/mol. The molecular formula is C35H29F5N4O4S. The molecule has 49 heavy (non-hydrogen) atoms. The summed E-state index contributed by atoms with van der Waals surface area (Å²) in [6, 6.07) is 22.0. The fourth-order valence-electron chi connectivity index (χ4n) is 5.36. The first-order valence-electron chi connectivity index (χ1n) is 15.1. The Morgan fingerprint density at radius 1 is 0.878 bits per heavy atom. The molecule has 1 fully saturated rings. The van der Waals surface area contributed by atoms with Crippen molar-refractivity contribution in [3.8, 4) is 11.1 Å². The molecule has 5 aromatic rings. The molecule has 1 aromatic heterocycles. The number of aliphatic hydroxyl groups excluding tert-OH is 1. The molecule has 0 saturated carbocycles. The van der Waals surface area contributed by atoms with Crippen LogP contribution in [0.5, 0.6) is 0 Å². The van der Waals surface area contributed by atoms with Crippen molar-refractivity contribution in [2.45, 2.75) is 43.2 Å². The maximum Gasteiger partial charge on any atom is 0.257 e. The fourth-order valence-corrected chi connectivity index (χ4v) is 6.27. The van der Waals surface area contributed by atoms with E-state index < -0.39 is 46.8 Å². The van der Waals surface area contributed by atoms with Crippen LogP contribution in [0.2, 0.25) is 0 Å². The Morgan fingerprint density at radius 3 is 2.20 bits per heavy atom. The maximum atomic E-state index is 14.1. The van der Waals surface area contributed by atoms with Gasteiger partial charge >= 0.3 is 0 Å². The molecule has 1 aliphatic rings. The number of nitrogens with one attached hydrogen (secondary N) is 1. The van der Waals surface area contributed by atoms with Crippen LogP contribution in [0.4, 0.5) is 22.0 Å². The predicted octanol–water partition coefficient (Wildman–Crippen LogP) is 6.94. The van der Waals surface area contributed by atoms with Crippen LogP contribution in [-0.2, 0) is 29.7 Å². The molecule has 0 aliphatic carbocycles. The van der Waals surface area contributed by atoms with Gasteiger partial charge in [0.1, 0.15) is 11.9 Å². The number of aromatic nitrogens is 3. The number of thioether (sulfide) groups is 1. The number of carbonyl (C=O) groups excluding carboxylic acids is 1. The van der Waals surface area contributed by atoms with E-state index in [1.54, 1.807) is 24.5 Å². The zero-order valence-corrected chi connectivity index (χ0v) is 26.7. The lowest BCUT2D eigenvalue weighted by atomic mass is 9.99. The van der Waals surface area contributed by atoms with Gasteiger partial charge in [0, 0.05) is 31.3 Å². The van der Waals surface area contributed by atoms with E-state index in [4.69, 9.17) is 9.47 Å². The molecule has 6 rings (SSSR count). The van der Waals surface area contributed by atoms with Gasteiger partial charge < -0.3 is 24.5 Å². The van der Waals surface area contributed by atoms with Gasteiger partial charge in [-0.2, -0.15) is 0 Å². The Morgan fingerprint density at radius 2 is 1.55 bits per heavy atom. The van der Waals surface area contributed by atoms with E-state index in [1.807, 2.05) is 66.2 Å². The smallest absolute Gasteiger partial charge is 0.257 e.